The number of hydrogen-bond donors (Lipinski definition) is 1. The molecule has 132 valence electrons. The Hall–Kier alpha value is -2.40. The van der Waals surface area contributed by atoms with Gasteiger partial charge in [-0.3, -0.25) is 9.78 Å². The third-order valence-corrected chi connectivity index (χ3v) is 4.21. The quantitative estimate of drug-likeness (QED) is 0.836. The average molecular weight is 340 g/mol. The van der Waals surface area contributed by atoms with Crippen molar-refractivity contribution in [3.8, 4) is 5.75 Å². The van der Waals surface area contributed by atoms with Crippen LogP contribution in [-0.4, -0.2) is 30.2 Å². The minimum Gasteiger partial charge on any atom is -0.491 e. The monoisotopic (exact) mass is 340 g/mol. The van der Waals surface area contributed by atoms with Crippen LogP contribution in [0.1, 0.15) is 31.2 Å². The summed E-state index contributed by atoms with van der Waals surface area (Å²) in [5.41, 5.74) is 1.84. The lowest BCUT2D eigenvalue weighted by Crippen LogP contribution is -2.25. The molecule has 1 unspecified atom stereocenters. The van der Waals surface area contributed by atoms with E-state index in [1.165, 1.54) is 6.42 Å². The van der Waals surface area contributed by atoms with Crippen LogP contribution in [0.15, 0.2) is 48.8 Å². The van der Waals surface area contributed by atoms with Gasteiger partial charge in [-0.1, -0.05) is 6.07 Å². The molecule has 1 N–H and O–H groups in total. The summed E-state index contributed by atoms with van der Waals surface area (Å²) in [5.74, 6) is 0.788. The highest BCUT2D eigenvalue weighted by Gasteiger charge is 2.14. The van der Waals surface area contributed by atoms with Gasteiger partial charge in [-0.2, -0.15) is 0 Å². The summed E-state index contributed by atoms with van der Waals surface area (Å²) < 4.78 is 11.4. The molecule has 1 fully saturated rings. The SMILES string of the molecule is O=C(CCc1cccnc1)Nc1ccc(OCC2CCCCO2)cc1. The first-order chi connectivity index (χ1) is 12.3. The molecule has 1 atom stereocenters. The summed E-state index contributed by atoms with van der Waals surface area (Å²) in [4.78, 5) is 16.1. The van der Waals surface area contributed by atoms with Gasteiger partial charge in [-0.25, -0.2) is 0 Å². The number of anilines is 1. The zero-order valence-electron chi connectivity index (χ0n) is 14.3. The van der Waals surface area contributed by atoms with Gasteiger partial charge in [-0.05, 0) is 61.6 Å². The average Bonchev–Trinajstić information content (AvgIpc) is 2.67. The van der Waals surface area contributed by atoms with Gasteiger partial charge in [-0.15, -0.1) is 0 Å². The lowest BCUT2D eigenvalue weighted by molar-refractivity contribution is -0.116. The number of benzene rings is 1. The summed E-state index contributed by atoms with van der Waals surface area (Å²) in [6.45, 7) is 1.41. The number of nitrogens with zero attached hydrogens (tertiary/aromatic N) is 1. The number of rotatable bonds is 7. The Morgan fingerprint density at radius 2 is 2.12 bits per heavy atom. The first kappa shape index (κ1) is 17.4. The number of carbonyl (C=O) groups is 1. The molecule has 25 heavy (non-hydrogen) atoms. The van der Waals surface area contributed by atoms with Crippen molar-refractivity contribution in [2.24, 2.45) is 0 Å². The van der Waals surface area contributed by atoms with Gasteiger partial charge in [0.15, 0.2) is 0 Å². The van der Waals surface area contributed by atoms with E-state index in [1.807, 2.05) is 36.4 Å². The zero-order valence-corrected chi connectivity index (χ0v) is 14.3. The van der Waals surface area contributed by atoms with Gasteiger partial charge in [0.1, 0.15) is 12.4 Å². The Morgan fingerprint density at radius 1 is 1.24 bits per heavy atom. The summed E-state index contributed by atoms with van der Waals surface area (Å²) in [5, 5.41) is 2.91. The van der Waals surface area contributed by atoms with Crippen LogP contribution >= 0.6 is 0 Å². The molecule has 1 aliphatic heterocycles. The highest BCUT2D eigenvalue weighted by atomic mass is 16.5. The van der Waals surface area contributed by atoms with Gasteiger partial charge in [0.25, 0.3) is 0 Å². The van der Waals surface area contributed by atoms with E-state index in [1.54, 1.807) is 12.4 Å². The van der Waals surface area contributed by atoms with Crippen molar-refractivity contribution < 1.29 is 14.3 Å². The molecule has 1 aromatic heterocycles. The maximum absolute atomic E-state index is 12.0. The van der Waals surface area contributed by atoms with E-state index in [-0.39, 0.29) is 12.0 Å². The molecule has 1 aliphatic rings. The van der Waals surface area contributed by atoms with Crippen LogP contribution in [0.4, 0.5) is 5.69 Å². The Bertz CT molecular complexity index is 652. The summed E-state index contributed by atoms with van der Waals surface area (Å²) in [6.07, 6.45) is 8.24. The maximum Gasteiger partial charge on any atom is 0.224 e. The van der Waals surface area contributed by atoms with Crippen molar-refractivity contribution in [3.63, 3.8) is 0 Å². The van der Waals surface area contributed by atoms with E-state index < -0.39 is 0 Å². The molecule has 2 aromatic rings. The Balaban J connectivity index is 1.41. The molecule has 5 heteroatoms. The fourth-order valence-electron chi connectivity index (χ4n) is 2.79. The molecule has 0 radical (unpaired) electrons. The lowest BCUT2D eigenvalue weighted by Gasteiger charge is -2.22. The van der Waals surface area contributed by atoms with Crippen molar-refractivity contribution in [1.82, 2.24) is 4.98 Å². The van der Waals surface area contributed by atoms with Crippen molar-refractivity contribution in [3.05, 3.63) is 54.4 Å². The third-order valence-electron chi connectivity index (χ3n) is 4.21. The van der Waals surface area contributed by atoms with Crippen LogP contribution in [0.25, 0.3) is 0 Å². The molecule has 1 aromatic carbocycles. The molecule has 0 bridgehead atoms. The smallest absolute Gasteiger partial charge is 0.224 e. The first-order valence-corrected chi connectivity index (χ1v) is 8.83. The number of ether oxygens (including phenoxy) is 2. The second-order valence-corrected chi connectivity index (χ2v) is 6.23. The molecular formula is C20H24N2O3. The zero-order chi connectivity index (χ0) is 17.3. The fraction of sp³-hybridized carbons (Fsp3) is 0.400. The van der Waals surface area contributed by atoms with E-state index in [0.29, 0.717) is 19.4 Å². The van der Waals surface area contributed by atoms with Crippen LogP contribution < -0.4 is 10.1 Å². The number of aryl methyl sites for hydroxylation is 1. The topological polar surface area (TPSA) is 60.5 Å². The molecule has 0 saturated carbocycles. The third kappa shape index (κ3) is 5.87. The van der Waals surface area contributed by atoms with E-state index >= 15 is 0 Å². The molecule has 0 aliphatic carbocycles. The number of aromatic nitrogens is 1. The predicted molar refractivity (Wildman–Crippen MR) is 96.7 cm³/mol. The lowest BCUT2D eigenvalue weighted by atomic mass is 10.1. The first-order valence-electron chi connectivity index (χ1n) is 8.83. The molecular weight excluding hydrogens is 316 g/mol. The van der Waals surface area contributed by atoms with Crippen LogP contribution in [0.3, 0.4) is 0 Å². The van der Waals surface area contributed by atoms with Crippen LogP contribution in [0.2, 0.25) is 0 Å². The van der Waals surface area contributed by atoms with Gasteiger partial charge in [0.05, 0.1) is 6.10 Å². The summed E-state index contributed by atoms with van der Waals surface area (Å²) in [7, 11) is 0. The van der Waals surface area contributed by atoms with Crippen LogP contribution in [-0.2, 0) is 16.0 Å². The van der Waals surface area contributed by atoms with Crippen molar-refractivity contribution in [2.75, 3.05) is 18.5 Å². The van der Waals surface area contributed by atoms with Gasteiger partial charge in [0, 0.05) is 31.1 Å². The Labute approximate surface area is 148 Å². The van der Waals surface area contributed by atoms with E-state index in [9.17, 15) is 4.79 Å². The summed E-state index contributed by atoms with van der Waals surface area (Å²) in [6, 6.07) is 11.3. The van der Waals surface area contributed by atoms with Gasteiger partial charge >= 0.3 is 0 Å². The van der Waals surface area contributed by atoms with Crippen LogP contribution in [0, 0.1) is 0 Å². The van der Waals surface area contributed by atoms with E-state index in [0.717, 1.165) is 36.4 Å². The minimum atomic E-state index is -0.00636. The number of amides is 1. The Morgan fingerprint density at radius 3 is 2.84 bits per heavy atom. The Kier molecular flexibility index (Phi) is 6.40. The molecule has 2 heterocycles. The minimum absolute atomic E-state index is 0.00636. The number of pyridine rings is 1. The molecule has 3 rings (SSSR count). The highest BCUT2D eigenvalue weighted by molar-refractivity contribution is 5.90. The van der Waals surface area contributed by atoms with Gasteiger partial charge < -0.3 is 14.8 Å². The van der Waals surface area contributed by atoms with Gasteiger partial charge in [0.2, 0.25) is 5.91 Å². The van der Waals surface area contributed by atoms with Crippen molar-refractivity contribution in [2.45, 2.75) is 38.2 Å². The predicted octanol–water partition coefficient (Wildman–Crippen LogP) is 3.60. The van der Waals surface area contributed by atoms with E-state index in [2.05, 4.69) is 10.3 Å². The number of hydrogen-bond acceptors (Lipinski definition) is 4. The van der Waals surface area contributed by atoms with Crippen molar-refractivity contribution in [1.29, 1.82) is 0 Å². The molecule has 0 spiro atoms. The molecule has 1 amide bonds. The number of carbonyl (C=O) groups excluding carboxylic acids is 1. The largest absolute Gasteiger partial charge is 0.491 e. The normalized spacial score (nSPS) is 17.0. The maximum atomic E-state index is 12.0. The number of nitrogens with one attached hydrogen (secondary N) is 1. The van der Waals surface area contributed by atoms with E-state index in [4.69, 9.17) is 9.47 Å². The van der Waals surface area contributed by atoms with Crippen LogP contribution in [0.5, 0.6) is 5.75 Å². The summed E-state index contributed by atoms with van der Waals surface area (Å²) >= 11 is 0. The fourth-order valence-corrected chi connectivity index (χ4v) is 2.79. The van der Waals surface area contributed by atoms with Crippen molar-refractivity contribution >= 4 is 11.6 Å². The molecule has 5 nitrogen and oxygen atoms in total. The standard InChI is InChI=1S/C20H24N2O3/c23-20(11-6-16-4-3-12-21-14-16)22-17-7-9-18(10-8-17)25-15-19-5-1-2-13-24-19/h3-4,7-10,12,14,19H,1-2,5-6,11,13,15H2,(H,22,23). The highest BCUT2D eigenvalue weighted by Crippen LogP contribution is 2.18. The second-order valence-electron chi connectivity index (χ2n) is 6.23. The second kappa shape index (κ2) is 9.18. The molecule has 1 saturated heterocycles.